The van der Waals surface area contributed by atoms with Crippen LogP contribution in [0.1, 0.15) is 13.0 Å². The lowest BCUT2D eigenvalue weighted by Gasteiger charge is -2.13. The molecule has 5 nitrogen and oxygen atoms in total. The van der Waals surface area contributed by atoms with E-state index in [1.807, 2.05) is 24.3 Å². The van der Waals surface area contributed by atoms with Gasteiger partial charge in [-0.25, -0.2) is 9.78 Å². The van der Waals surface area contributed by atoms with E-state index in [9.17, 15) is 15.0 Å². The lowest BCUT2D eigenvalue weighted by Crippen LogP contribution is -2.16. The van der Waals surface area contributed by atoms with E-state index in [4.69, 9.17) is 0 Å². The summed E-state index contributed by atoms with van der Waals surface area (Å²) in [5.41, 5.74) is 2.28. The van der Waals surface area contributed by atoms with Crippen molar-refractivity contribution in [2.24, 2.45) is 0 Å². The molecule has 0 saturated heterocycles. The van der Waals surface area contributed by atoms with Crippen LogP contribution in [0.15, 0.2) is 48.5 Å². The van der Waals surface area contributed by atoms with Crippen LogP contribution in [0.2, 0.25) is 0 Å². The summed E-state index contributed by atoms with van der Waals surface area (Å²) in [6.07, 6.45) is 0. The number of aliphatic carboxylic acids is 1. The minimum atomic E-state index is -0.918. The van der Waals surface area contributed by atoms with E-state index in [1.165, 1.54) is 0 Å². The second-order valence-electron chi connectivity index (χ2n) is 4.86. The van der Waals surface area contributed by atoms with Crippen molar-refractivity contribution in [1.29, 1.82) is 0 Å². The van der Waals surface area contributed by atoms with Crippen molar-refractivity contribution in [2.75, 3.05) is 0 Å². The third-order valence-corrected chi connectivity index (χ3v) is 3.47. The molecule has 1 unspecified atom stereocenters. The molecule has 0 amide bonds. The molecule has 0 spiro atoms. The number of carbonyl (C=O) groups is 1. The quantitative estimate of drug-likeness (QED) is 0.774. The number of hydrogen-bond donors (Lipinski definition) is 2. The monoisotopic (exact) mass is 282 g/mol. The van der Waals surface area contributed by atoms with Crippen molar-refractivity contribution < 1.29 is 15.0 Å². The van der Waals surface area contributed by atoms with Gasteiger partial charge in [-0.2, -0.15) is 0 Å². The summed E-state index contributed by atoms with van der Waals surface area (Å²) in [6, 6.07) is 13.3. The van der Waals surface area contributed by atoms with Gasteiger partial charge in [-0.15, -0.1) is 0 Å². The Morgan fingerprint density at radius 3 is 2.48 bits per heavy atom. The minimum absolute atomic E-state index is 0.160. The van der Waals surface area contributed by atoms with Gasteiger partial charge < -0.3 is 14.8 Å². The molecule has 5 heteroatoms. The van der Waals surface area contributed by atoms with Gasteiger partial charge in [0, 0.05) is 5.56 Å². The molecule has 21 heavy (non-hydrogen) atoms. The third kappa shape index (κ3) is 2.23. The molecule has 0 bridgehead atoms. The van der Waals surface area contributed by atoms with E-state index in [2.05, 4.69) is 4.98 Å². The number of hydrogen-bond acceptors (Lipinski definition) is 3. The molecule has 0 radical (unpaired) electrons. The Bertz CT molecular complexity index is 806. The summed E-state index contributed by atoms with van der Waals surface area (Å²) in [6.45, 7) is 1.63. The van der Waals surface area contributed by atoms with Crippen LogP contribution in [0.3, 0.4) is 0 Å². The summed E-state index contributed by atoms with van der Waals surface area (Å²) < 4.78 is 1.70. The maximum Gasteiger partial charge on any atom is 0.326 e. The molecule has 0 saturated carbocycles. The number of aromatic hydroxyl groups is 1. The fourth-order valence-electron chi connectivity index (χ4n) is 2.36. The zero-order valence-electron chi connectivity index (χ0n) is 11.4. The molecule has 106 valence electrons. The third-order valence-electron chi connectivity index (χ3n) is 3.47. The van der Waals surface area contributed by atoms with Gasteiger partial charge in [0.05, 0.1) is 11.0 Å². The van der Waals surface area contributed by atoms with Crippen molar-refractivity contribution in [3.63, 3.8) is 0 Å². The number of imidazole rings is 1. The Morgan fingerprint density at radius 2 is 1.81 bits per heavy atom. The molecule has 1 heterocycles. The summed E-state index contributed by atoms with van der Waals surface area (Å²) in [7, 11) is 0. The molecule has 1 atom stereocenters. The molecular weight excluding hydrogens is 268 g/mol. The second-order valence-corrected chi connectivity index (χ2v) is 4.86. The number of para-hydroxylation sites is 2. The molecule has 2 N–H and O–H groups in total. The van der Waals surface area contributed by atoms with E-state index in [-0.39, 0.29) is 5.75 Å². The van der Waals surface area contributed by atoms with Gasteiger partial charge in [0.15, 0.2) is 0 Å². The van der Waals surface area contributed by atoms with Crippen LogP contribution in [-0.2, 0) is 4.79 Å². The number of carboxylic acids is 1. The molecule has 0 aliphatic carbocycles. The van der Waals surface area contributed by atoms with Gasteiger partial charge in [0.1, 0.15) is 17.6 Å². The van der Waals surface area contributed by atoms with E-state index < -0.39 is 12.0 Å². The Balaban J connectivity index is 2.28. The minimum Gasteiger partial charge on any atom is -0.508 e. The largest absolute Gasteiger partial charge is 0.508 e. The van der Waals surface area contributed by atoms with E-state index in [0.717, 1.165) is 16.6 Å². The maximum absolute atomic E-state index is 11.4. The average Bonchev–Trinajstić information content (AvgIpc) is 2.86. The molecule has 2 aromatic carbocycles. The first-order valence-corrected chi connectivity index (χ1v) is 6.57. The van der Waals surface area contributed by atoms with Gasteiger partial charge in [-0.05, 0) is 43.3 Å². The van der Waals surface area contributed by atoms with Gasteiger partial charge in [-0.3, -0.25) is 0 Å². The number of benzene rings is 2. The van der Waals surface area contributed by atoms with Gasteiger partial charge in [-0.1, -0.05) is 12.1 Å². The highest BCUT2D eigenvalue weighted by atomic mass is 16.4. The fourth-order valence-corrected chi connectivity index (χ4v) is 2.36. The number of phenolic OH excluding ortho intramolecular Hbond substituents is 1. The average molecular weight is 282 g/mol. The van der Waals surface area contributed by atoms with Crippen LogP contribution >= 0.6 is 0 Å². The highest BCUT2D eigenvalue weighted by Gasteiger charge is 2.21. The Morgan fingerprint density at radius 1 is 1.14 bits per heavy atom. The topological polar surface area (TPSA) is 75.3 Å². The van der Waals surface area contributed by atoms with Gasteiger partial charge in [0.2, 0.25) is 0 Å². The molecule has 0 aliphatic heterocycles. The molecule has 1 aromatic heterocycles. The molecule has 0 aliphatic rings. The van der Waals surface area contributed by atoms with Gasteiger partial charge in [0.25, 0.3) is 0 Å². The highest BCUT2D eigenvalue weighted by Crippen LogP contribution is 2.29. The van der Waals surface area contributed by atoms with E-state index >= 15 is 0 Å². The molecule has 3 aromatic rings. The first kappa shape index (κ1) is 13.2. The lowest BCUT2D eigenvalue weighted by molar-refractivity contribution is -0.140. The number of fused-ring (bicyclic) bond motifs is 1. The van der Waals surface area contributed by atoms with Crippen molar-refractivity contribution >= 4 is 17.0 Å². The summed E-state index contributed by atoms with van der Waals surface area (Å²) in [5.74, 6) is -0.183. The van der Waals surface area contributed by atoms with E-state index in [0.29, 0.717) is 5.82 Å². The Kier molecular flexibility index (Phi) is 3.10. The molecule has 3 rings (SSSR count). The summed E-state index contributed by atoms with van der Waals surface area (Å²) in [5, 5.41) is 18.7. The molecule has 0 fully saturated rings. The number of carboxylic acid groups (broad SMARTS) is 1. The fraction of sp³-hybridized carbons (Fsp3) is 0.125. The number of aromatic nitrogens is 2. The van der Waals surface area contributed by atoms with Crippen LogP contribution in [0, 0.1) is 0 Å². The Labute approximate surface area is 121 Å². The standard InChI is InChI=1S/C16H14N2O3/c1-10(16(20)21)18-14-5-3-2-4-13(14)17-15(18)11-6-8-12(19)9-7-11/h2-10,19H,1H3,(H,20,21). The smallest absolute Gasteiger partial charge is 0.326 e. The van der Waals surface area contributed by atoms with Crippen molar-refractivity contribution in [3.8, 4) is 17.1 Å². The number of phenols is 1. The number of rotatable bonds is 3. The van der Waals surface area contributed by atoms with Gasteiger partial charge >= 0.3 is 5.97 Å². The zero-order chi connectivity index (χ0) is 15.0. The first-order chi connectivity index (χ1) is 10.1. The predicted octanol–water partition coefficient (Wildman–Crippen LogP) is 3.05. The SMILES string of the molecule is CC(C(=O)O)n1c(-c2ccc(O)cc2)nc2ccccc21. The lowest BCUT2D eigenvalue weighted by atomic mass is 10.2. The van der Waals surface area contributed by atoms with Crippen LogP contribution in [-0.4, -0.2) is 25.7 Å². The van der Waals surface area contributed by atoms with Crippen LogP contribution in [0.4, 0.5) is 0 Å². The van der Waals surface area contributed by atoms with Crippen LogP contribution in [0.5, 0.6) is 5.75 Å². The predicted molar refractivity (Wildman–Crippen MR) is 79.2 cm³/mol. The Hall–Kier alpha value is -2.82. The highest BCUT2D eigenvalue weighted by molar-refractivity contribution is 5.84. The normalized spacial score (nSPS) is 12.4. The first-order valence-electron chi connectivity index (χ1n) is 6.57. The summed E-state index contributed by atoms with van der Waals surface area (Å²) in [4.78, 5) is 15.9. The van der Waals surface area contributed by atoms with Crippen molar-refractivity contribution in [2.45, 2.75) is 13.0 Å². The van der Waals surface area contributed by atoms with Crippen molar-refractivity contribution in [3.05, 3.63) is 48.5 Å². The zero-order valence-corrected chi connectivity index (χ0v) is 11.4. The number of nitrogens with zero attached hydrogens (tertiary/aromatic N) is 2. The van der Waals surface area contributed by atoms with Crippen LogP contribution in [0.25, 0.3) is 22.4 Å². The van der Waals surface area contributed by atoms with E-state index in [1.54, 1.807) is 35.8 Å². The maximum atomic E-state index is 11.4. The van der Waals surface area contributed by atoms with Crippen LogP contribution < -0.4 is 0 Å². The summed E-state index contributed by atoms with van der Waals surface area (Å²) >= 11 is 0. The second kappa shape index (κ2) is 4.94. The van der Waals surface area contributed by atoms with Crippen molar-refractivity contribution in [1.82, 2.24) is 9.55 Å². The molecular formula is C16H14N2O3.